The lowest BCUT2D eigenvalue weighted by Gasteiger charge is -2.21. The number of nitrogens with zero attached hydrogens (tertiary/aromatic N) is 1. The van der Waals surface area contributed by atoms with E-state index in [0.29, 0.717) is 28.8 Å². The van der Waals surface area contributed by atoms with Gasteiger partial charge in [-0.05, 0) is 63.1 Å². The Kier molecular flexibility index (Phi) is 6.92. The molecule has 0 spiro atoms. The number of allylic oxidation sites excluding steroid dienone is 2. The van der Waals surface area contributed by atoms with Crippen LogP contribution < -0.4 is 16.0 Å². The van der Waals surface area contributed by atoms with E-state index in [1.807, 2.05) is 25.1 Å². The Hall–Kier alpha value is -2.38. The molecular formula is C23H27ClN4O2S. The minimum absolute atomic E-state index is 0.0647. The van der Waals surface area contributed by atoms with Gasteiger partial charge < -0.3 is 16.0 Å². The zero-order valence-electron chi connectivity index (χ0n) is 17.5. The lowest BCUT2D eigenvalue weighted by molar-refractivity contribution is -0.123. The summed E-state index contributed by atoms with van der Waals surface area (Å²) < 4.78 is 0. The SMILES string of the molecule is Cc1ncc(Cl)cc1NCc1ccc(C(=O)N[C@@H](CC2CC=CC2)C(=O)NC2CC2)s1. The van der Waals surface area contributed by atoms with Crippen LogP contribution in [-0.2, 0) is 11.3 Å². The predicted molar refractivity (Wildman–Crippen MR) is 125 cm³/mol. The molecule has 1 saturated carbocycles. The monoisotopic (exact) mass is 458 g/mol. The molecule has 2 amide bonds. The van der Waals surface area contributed by atoms with Crippen molar-refractivity contribution < 1.29 is 9.59 Å². The third-order valence-electron chi connectivity index (χ3n) is 5.61. The summed E-state index contributed by atoms with van der Waals surface area (Å²) in [5.74, 6) is 0.150. The van der Waals surface area contributed by atoms with E-state index in [4.69, 9.17) is 11.6 Å². The van der Waals surface area contributed by atoms with Gasteiger partial charge in [0.05, 0.1) is 21.3 Å². The van der Waals surface area contributed by atoms with Gasteiger partial charge in [0.2, 0.25) is 5.91 Å². The summed E-state index contributed by atoms with van der Waals surface area (Å²) in [5.41, 5.74) is 1.73. The van der Waals surface area contributed by atoms with Crippen molar-refractivity contribution in [3.63, 3.8) is 0 Å². The highest BCUT2D eigenvalue weighted by Gasteiger charge is 2.30. The van der Waals surface area contributed by atoms with Crippen LogP contribution in [0.1, 0.15) is 52.3 Å². The molecule has 1 atom stereocenters. The van der Waals surface area contributed by atoms with E-state index in [9.17, 15) is 9.59 Å². The van der Waals surface area contributed by atoms with Crippen molar-refractivity contribution >= 4 is 40.4 Å². The highest BCUT2D eigenvalue weighted by molar-refractivity contribution is 7.14. The van der Waals surface area contributed by atoms with Gasteiger partial charge in [-0.2, -0.15) is 0 Å². The van der Waals surface area contributed by atoms with Gasteiger partial charge in [-0.1, -0.05) is 23.8 Å². The smallest absolute Gasteiger partial charge is 0.262 e. The van der Waals surface area contributed by atoms with E-state index in [-0.39, 0.29) is 17.9 Å². The van der Waals surface area contributed by atoms with Gasteiger partial charge >= 0.3 is 0 Å². The van der Waals surface area contributed by atoms with Gasteiger partial charge in [0, 0.05) is 23.7 Å². The molecule has 0 unspecified atom stereocenters. The molecule has 2 heterocycles. The van der Waals surface area contributed by atoms with Crippen LogP contribution in [0.5, 0.6) is 0 Å². The topological polar surface area (TPSA) is 83.1 Å². The highest BCUT2D eigenvalue weighted by atomic mass is 35.5. The average Bonchev–Trinajstić information content (AvgIpc) is 3.21. The Labute approximate surface area is 191 Å². The summed E-state index contributed by atoms with van der Waals surface area (Å²) in [7, 11) is 0. The molecule has 0 saturated heterocycles. The molecule has 4 rings (SSSR count). The zero-order chi connectivity index (χ0) is 21.8. The number of carbonyl (C=O) groups is 2. The number of nitrogens with one attached hydrogen (secondary N) is 3. The molecule has 1 fully saturated rings. The summed E-state index contributed by atoms with van der Waals surface area (Å²) in [4.78, 5) is 31.4. The van der Waals surface area contributed by atoms with E-state index >= 15 is 0 Å². The van der Waals surface area contributed by atoms with Crippen LogP contribution in [0.15, 0.2) is 36.5 Å². The van der Waals surface area contributed by atoms with E-state index in [1.54, 1.807) is 6.20 Å². The Morgan fingerprint density at radius 1 is 1.26 bits per heavy atom. The number of anilines is 1. The molecule has 31 heavy (non-hydrogen) atoms. The molecule has 2 aliphatic rings. The second-order valence-electron chi connectivity index (χ2n) is 8.26. The molecule has 0 radical (unpaired) electrons. The van der Waals surface area contributed by atoms with Crippen molar-refractivity contribution in [2.75, 3.05) is 5.32 Å². The normalized spacial score (nSPS) is 16.8. The molecule has 8 heteroatoms. The number of aromatic nitrogens is 1. The number of pyridine rings is 1. The van der Waals surface area contributed by atoms with Crippen LogP contribution in [0.3, 0.4) is 0 Å². The fraction of sp³-hybridized carbons (Fsp3) is 0.435. The first-order valence-electron chi connectivity index (χ1n) is 10.7. The average molecular weight is 459 g/mol. The van der Waals surface area contributed by atoms with Crippen molar-refractivity contribution in [2.45, 2.75) is 57.7 Å². The van der Waals surface area contributed by atoms with Crippen molar-refractivity contribution in [2.24, 2.45) is 5.92 Å². The first kappa shape index (κ1) is 21.8. The van der Waals surface area contributed by atoms with Crippen LogP contribution in [-0.4, -0.2) is 28.9 Å². The van der Waals surface area contributed by atoms with Crippen LogP contribution in [0.25, 0.3) is 0 Å². The maximum atomic E-state index is 12.9. The van der Waals surface area contributed by atoms with Gasteiger partial charge in [-0.25, -0.2) is 0 Å². The Bertz CT molecular complexity index is 978. The third kappa shape index (κ3) is 6.08. The highest BCUT2D eigenvalue weighted by Crippen LogP contribution is 2.25. The largest absolute Gasteiger partial charge is 0.379 e. The van der Waals surface area contributed by atoms with Crippen molar-refractivity contribution in [1.29, 1.82) is 0 Å². The molecule has 0 bridgehead atoms. The molecule has 164 valence electrons. The van der Waals surface area contributed by atoms with Gasteiger partial charge in [0.25, 0.3) is 5.91 Å². The first-order valence-corrected chi connectivity index (χ1v) is 11.9. The molecular weight excluding hydrogens is 432 g/mol. The van der Waals surface area contributed by atoms with E-state index < -0.39 is 6.04 Å². The fourth-order valence-corrected chi connectivity index (χ4v) is 4.66. The number of rotatable bonds is 9. The van der Waals surface area contributed by atoms with Gasteiger partial charge in [0.1, 0.15) is 6.04 Å². The van der Waals surface area contributed by atoms with E-state index in [1.165, 1.54) is 11.3 Å². The summed E-state index contributed by atoms with van der Waals surface area (Å²) in [5, 5.41) is 9.92. The standard InChI is InChI=1S/C23H27ClN4O2S/c1-14-19(11-16(24)12-25-14)26-13-18-8-9-21(31-18)23(30)28-20(10-15-4-2-3-5-15)22(29)27-17-6-7-17/h2-3,8-9,11-12,15,17,20,26H,4-7,10,13H2,1H3,(H,27,29)(H,28,30)/t20-/m0/s1. The van der Waals surface area contributed by atoms with Crippen molar-refractivity contribution in [3.05, 3.63) is 57.0 Å². The predicted octanol–water partition coefficient (Wildman–Crippen LogP) is 4.45. The second kappa shape index (κ2) is 9.83. The number of amides is 2. The Balaban J connectivity index is 1.36. The number of thiophene rings is 1. The number of aryl methyl sites for hydroxylation is 1. The first-order chi connectivity index (χ1) is 15.0. The minimum atomic E-state index is -0.498. The van der Waals surface area contributed by atoms with Gasteiger partial charge in [-0.3, -0.25) is 14.6 Å². The Morgan fingerprint density at radius 3 is 2.77 bits per heavy atom. The summed E-state index contributed by atoms with van der Waals surface area (Å²) in [6.45, 7) is 2.48. The maximum absolute atomic E-state index is 12.9. The number of halogens is 1. The second-order valence-corrected chi connectivity index (χ2v) is 9.86. The third-order valence-corrected chi connectivity index (χ3v) is 6.90. The van der Waals surface area contributed by atoms with Crippen LogP contribution >= 0.6 is 22.9 Å². The summed E-state index contributed by atoms with van der Waals surface area (Å²) in [6.07, 6.45) is 10.6. The van der Waals surface area contributed by atoms with Gasteiger partial charge in [-0.15, -0.1) is 11.3 Å². The molecule has 0 aliphatic heterocycles. The molecule has 0 aromatic carbocycles. The quantitative estimate of drug-likeness (QED) is 0.485. The lowest BCUT2D eigenvalue weighted by Crippen LogP contribution is -2.48. The van der Waals surface area contributed by atoms with Crippen molar-refractivity contribution in [3.8, 4) is 0 Å². The Morgan fingerprint density at radius 2 is 2.03 bits per heavy atom. The van der Waals surface area contributed by atoms with Crippen LogP contribution in [0.2, 0.25) is 5.02 Å². The molecule has 2 aromatic heterocycles. The molecule has 3 N–H and O–H groups in total. The molecule has 2 aliphatic carbocycles. The van der Waals surface area contributed by atoms with Gasteiger partial charge in [0.15, 0.2) is 0 Å². The number of carbonyl (C=O) groups excluding carboxylic acids is 2. The van der Waals surface area contributed by atoms with Crippen molar-refractivity contribution in [1.82, 2.24) is 15.6 Å². The van der Waals surface area contributed by atoms with E-state index in [0.717, 1.165) is 41.9 Å². The molecule has 2 aromatic rings. The lowest BCUT2D eigenvalue weighted by atomic mass is 9.97. The summed E-state index contributed by atoms with van der Waals surface area (Å²) in [6, 6.07) is 5.36. The van der Waals surface area contributed by atoms with E-state index in [2.05, 4.69) is 33.1 Å². The molecule has 6 nitrogen and oxygen atoms in total. The fourth-order valence-electron chi connectivity index (χ4n) is 3.65. The number of hydrogen-bond donors (Lipinski definition) is 3. The minimum Gasteiger partial charge on any atom is -0.379 e. The van der Waals surface area contributed by atoms with Crippen LogP contribution in [0, 0.1) is 12.8 Å². The van der Waals surface area contributed by atoms with Crippen LogP contribution in [0.4, 0.5) is 5.69 Å². The zero-order valence-corrected chi connectivity index (χ0v) is 19.1. The summed E-state index contributed by atoms with van der Waals surface area (Å²) >= 11 is 7.45. The number of hydrogen-bond acceptors (Lipinski definition) is 5. The maximum Gasteiger partial charge on any atom is 0.262 e.